The van der Waals surface area contributed by atoms with Crippen molar-refractivity contribution in [2.24, 2.45) is 5.92 Å². The summed E-state index contributed by atoms with van der Waals surface area (Å²) in [7, 11) is 1.65. The normalized spacial score (nSPS) is 29.3. The molecule has 1 spiro atoms. The molecule has 10 heteroatoms. The van der Waals surface area contributed by atoms with E-state index in [4.69, 9.17) is 19.2 Å². The number of nitrogens with one attached hydrogen (secondary N) is 2. The first-order chi connectivity index (χ1) is 23.3. The summed E-state index contributed by atoms with van der Waals surface area (Å²) in [6, 6.07) is 4.26. The Morgan fingerprint density at radius 2 is 2.00 bits per heavy atom. The summed E-state index contributed by atoms with van der Waals surface area (Å²) in [5.41, 5.74) is 1.65. The van der Waals surface area contributed by atoms with Crippen LogP contribution in [0.1, 0.15) is 97.2 Å². The van der Waals surface area contributed by atoms with Gasteiger partial charge in [-0.3, -0.25) is 9.59 Å². The third-order valence-electron chi connectivity index (χ3n) is 10.6. The number of carbonyl (C=O) groups is 3. The molecule has 1 aromatic heterocycles. The van der Waals surface area contributed by atoms with Gasteiger partial charge >= 0.3 is 6.09 Å². The summed E-state index contributed by atoms with van der Waals surface area (Å²) in [6.07, 6.45) is 10.9. The topological polar surface area (TPSA) is 119 Å². The fourth-order valence-corrected chi connectivity index (χ4v) is 7.89. The molecule has 4 heterocycles. The van der Waals surface area contributed by atoms with E-state index in [-0.39, 0.29) is 24.3 Å². The zero-order chi connectivity index (χ0) is 35.1. The molecule has 49 heavy (non-hydrogen) atoms. The van der Waals surface area contributed by atoms with E-state index in [1.807, 2.05) is 25.1 Å². The molecule has 1 aliphatic carbocycles. The number of aromatic nitrogens is 1. The van der Waals surface area contributed by atoms with Crippen molar-refractivity contribution >= 4 is 28.8 Å². The number of aryl methyl sites for hydroxylation is 2. The van der Waals surface area contributed by atoms with E-state index in [1.54, 1.807) is 32.8 Å². The number of carbonyl (C=O) groups excluding carboxylic acids is 3. The van der Waals surface area contributed by atoms with Gasteiger partial charge in [-0.05, 0) is 90.8 Å². The molecule has 264 valence electrons. The maximum absolute atomic E-state index is 14.6. The highest BCUT2D eigenvalue weighted by atomic mass is 16.6. The predicted molar refractivity (Wildman–Crippen MR) is 189 cm³/mol. The lowest BCUT2D eigenvalue weighted by Crippen LogP contribution is -2.55. The van der Waals surface area contributed by atoms with Crippen molar-refractivity contribution in [1.82, 2.24) is 20.5 Å². The molecular weight excluding hydrogens is 620 g/mol. The van der Waals surface area contributed by atoms with Gasteiger partial charge in [-0.2, -0.15) is 0 Å². The number of alkyl carbamates (subject to hydrolysis) is 1. The van der Waals surface area contributed by atoms with Gasteiger partial charge in [-0.15, -0.1) is 0 Å². The van der Waals surface area contributed by atoms with Crippen LogP contribution in [0, 0.1) is 5.92 Å². The number of benzene rings is 1. The Morgan fingerprint density at radius 3 is 2.71 bits per heavy atom. The van der Waals surface area contributed by atoms with Gasteiger partial charge < -0.3 is 29.7 Å². The van der Waals surface area contributed by atoms with Gasteiger partial charge in [-0.25, -0.2) is 9.78 Å². The van der Waals surface area contributed by atoms with Gasteiger partial charge in [0.2, 0.25) is 11.8 Å². The quantitative estimate of drug-likeness (QED) is 0.364. The first-order valence-electron chi connectivity index (χ1n) is 17.9. The molecule has 2 fully saturated rings. The molecule has 4 aliphatic rings. The largest absolute Gasteiger partial charge is 0.497 e. The number of allylic oxidation sites excluding steroid dienone is 1. The van der Waals surface area contributed by atoms with Gasteiger partial charge in [0.05, 0.1) is 30.4 Å². The van der Waals surface area contributed by atoms with E-state index in [0.717, 1.165) is 71.3 Å². The highest BCUT2D eigenvalue weighted by Crippen LogP contribution is 2.50. The lowest BCUT2D eigenvalue weighted by atomic mass is 9.86. The Balaban J connectivity index is 1.37. The summed E-state index contributed by atoms with van der Waals surface area (Å²) in [4.78, 5) is 48.7. The van der Waals surface area contributed by atoms with Crippen molar-refractivity contribution in [3.63, 3.8) is 0 Å². The van der Waals surface area contributed by atoms with Gasteiger partial charge in [0.15, 0.2) is 0 Å². The van der Waals surface area contributed by atoms with Crippen molar-refractivity contribution in [2.45, 2.75) is 128 Å². The number of ether oxygens (including phenoxy) is 3. The Kier molecular flexibility index (Phi) is 9.46. The van der Waals surface area contributed by atoms with E-state index in [1.165, 1.54) is 0 Å². The molecule has 5 atom stereocenters. The highest BCUT2D eigenvalue weighted by molar-refractivity contribution is 5.93. The van der Waals surface area contributed by atoms with Crippen LogP contribution in [-0.4, -0.2) is 70.3 Å². The van der Waals surface area contributed by atoms with E-state index >= 15 is 0 Å². The summed E-state index contributed by atoms with van der Waals surface area (Å²) in [5.74, 6) is 1.14. The lowest BCUT2D eigenvalue weighted by molar-refractivity contribution is -0.140. The molecule has 6 rings (SSSR count). The average molecular weight is 673 g/mol. The molecular formula is C39H52N4O6. The predicted octanol–water partition coefficient (Wildman–Crippen LogP) is 6.34. The van der Waals surface area contributed by atoms with Crippen molar-refractivity contribution in [1.29, 1.82) is 0 Å². The number of hydrogen-bond donors (Lipinski definition) is 2. The maximum atomic E-state index is 14.6. The second-order valence-corrected chi connectivity index (χ2v) is 15.4. The zero-order valence-electron chi connectivity index (χ0n) is 29.9. The van der Waals surface area contributed by atoms with Crippen LogP contribution in [0.25, 0.3) is 10.9 Å². The highest BCUT2D eigenvalue weighted by Gasteiger charge is 2.58. The van der Waals surface area contributed by atoms with Crippen LogP contribution >= 0.6 is 0 Å². The fraction of sp³-hybridized carbons (Fsp3) is 0.590. The van der Waals surface area contributed by atoms with E-state index in [0.29, 0.717) is 32.1 Å². The number of methoxy groups -OCH3 is 1. The summed E-state index contributed by atoms with van der Waals surface area (Å²) < 4.78 is 18.1. The molecule has 1 saturated heterocycles. The molecule has 1 aromatic carbocycles. The summed E-state index contributed by atoms with van der Waals surface area (Å²) >= 11 is 0. The minimum Gasteiger partial charge on any atom is -0.497 e. The van der Waals surface area contributed by atoms with Crippen LogP contribution in [0.5, 0.6) is 11.5 Å². The number of rotatable bonds is 4. The standard InChI is InChI=1S/C39H52N4O6/c1-8-29-33-27(28-20-26(47-7)16-17-30(28)40-29)18-19-38(48-33)22-32-34(44)42-39(24(2)3)21-25(39)14-12-10-9-11-13-15-31(35(45)43(32)23-38)41-36(46)49-37(4,5)6/h12,14,16-17,20,25,31-32H,2,8-11,13,15,18-19,21-23H2,1,3-7H3,(H,41,46)(H,42,44)/b14-12-/t25-,31+,32+,38-,39+/m1/s1. The van der Waals surface area contributed by atoms with Gasteiger partial charge in [0, 0.05) is 23.3 Å². The molecule has 0 radical (unpaired) electrons. The molecule has 1 saturated carbocycles. The first-order valence-corrected chi connectivity index (χ1v) is 17.9. The summed E-state index contributed by atoms with van der Waals surface area (Å²) in [5, 5.41) is 7.19. The van der Waals surface area contributed by atoms with E-state index in [2.05, 4.69) is 36.3 Å². The Hall–Kier alpha value is -4.08. The van der Waals surface area contributed by atoms with Crippen LogP contribution in [-0.2, 0) is 27.2 Å². The second kappa shape index (κ2) is 13.3. The number of fused-ring (bicyclic) bond motifs is 5. The number of hydrogen-bond acceptors (Lipinski definition) is 7. The molecule has 2 aromatic rings. The summed E-state index contributed by atoms with van der Waals surface area (Å²) in [6.45, 7) is 13.9. The molecule has 2 N–H and O–H groups in total. The van der Waals surface area contributed by atoms with Crippen LogP contribution in [0.15, 0.2) is 42.5 Å². The Labute approximate surface area is 290 Å². The van der Waals surface area contributed by atoms with Crippen molar-refractivity contribution in [3.05, 3.63) is 53.8 Å². The minimum absolute atomic E-state index is 0.168. The monoisotopic (exact) mass is 672 g/mol. The van der Waals surface area contributed by atoms with Crippen LogP contribution in [0.3, 0.4) is 0 Å². The fourth-order valence-electron chi connectivity index (χ4n) is 7.89. The minimum atomic E-state index is -0.843. The molecule has 10 nitrogen and oxygen atoms in total. The van der Waals surface area contributed by atoms with Gasteiger partial charge in [0.1, 0.15) is 34.8 Å². The zero-order valence-corrected chi connectivity index (χ0v) is 29.9. The first kappa shape index (κ1) is 34.8. The third-order valence-corrected chi connectivity index (χ3v) is 10.6. The van der Waals surface area contributed by atoms with E-state index in [9.17, 15) is 14.4 Å². The van der Waals surface area contributed by atoms with Gasteiger partial charge in [-0.1, -0.05) is 44.1 Å². The van der Waals surface area contributed by atoms with Crippen LogP contribution < -0.4 is 20.1 Å². The van der Waals surface area contributed by atoms with Crippen molar-refractivity contribution in [3.8, 4) is 11.5 Å². The number of nitrogens with zero attached hydrogens (tertiary/aromatic N) is 2. The number of amides is 3. The van der Waals surface area contributed by atoms with Crippen LogP contribution in [0.2, 0.25) is 0 Å². The lowest BCUT2D eigenvalue weighted by Gasteiger charge is -2.37. The molecule has 0 bridgehead atoms. The number of pyridine rings is 1. The molecule has 3 amide bonds. The average Bonchev–Trinajstić information content (AvgIpc) is 3.63. The SMILES string of the molecule is C=C(C)[C@@]12C[C@H]1/C=C\CCCCC[C@H](NC(=O)OC(C)(C)C)C(=O)N1C[C@@]3(CCc4c(c(CC)nc5ccc(OC)cc45)O3)C[C@H]1C(=O)N2. The maximum Gasteiger partial charge on any atom is 0.408 e. The Morgan fingerprint density at radius 1 is 1.20 bits per heavy atom. The van der Waals surface area contributed by atoms with Crippen molar-refractivity contribution < 1.29 is 28.6 Å². The van der Waals surface area contributed by atoms with Gasteiger partial charge in [0.25, 0.3) is 0 Å². The van der Waals surface area contributed by atoms with Crippen LogP contribution in [0.4, 0.5) is 4.79 Å². The second-order valence-electron chi connectivity index (χ2n) is 15.4. The van der Waals surface area contributed by atoms with Crippen molar-refractivity contribution in [2.75, 3.05) is 13.7 Å². The Bertz CT molecular complexity index is 1680. The smallest absolute Gasteiger partial charge is 0.408 e. The third kappa shape index (κ3) is 7.01. The molecule has 3 aliphatic heterocycles. The molecule has 0 unspecified atom stereocenters. The van der Waals surface area contributed by atoms with E-state index < -0.39 is 34.9 Å².